The van der Waals surface area contributed by atoms with Crippen LogP contribution in [0.15, 0.2) is 0 Å². The predicted octanol–water partition coefficient (Wildman–Crippen LogP) is 1.53. The van der Waals surface area contributed by atoms with Crippen LogP contribution in [0, 0.1) is 11.8 Å². The average molecular weight is 284 g/mol. The highest BCUT2D eigenvalue weighted by atomic mass is 16.5. The summed E-state index contributed by atoms with van der Waals surface area (Å²) < 4.78 is 5.98. The number of rotatable bonds is 7. The molecule has 4 unspecified atom stereocenters. The highest BCUT2D eigenvalue weighted by Crippen LogP contribution is 2.23. The first-order valence-corrected chi connectivity index (χ1v) is 8.48. The molecule has 2 fully saturated rings. The van der Waals surface area contributed by atoms with Crippen LogP contribution in [0.3, 0.4) is 0 Å². The smallest absolute Gasteiger partial charge is 0.0848 e. The van der Waals surface area contributed by atoms with E-state index < -0.39 is 0 Å². The van der Waals surface area contributed by atoms with E-state index in [1.807, 2.05) is 0 Å². The van der Waals surface area contributed by atoms with E-state index in [0.717, 1.165) is 25.5 Å². The molecule has 2 heterocycles. The van der Waals surface area contributed by atoms with Crippen LogP contribution in [0.2, 0.25) is 0 Å². The Labute approximate surface area is 123 Å². The summed E-state index contributed by atoms with van der Waals surface area (Å²) in [7, 11) is 0. The Balaban J connectivity index is 1.62. The summed E-state index contributed by atoms with van der Waals surface area (Å²) in [5.41, 5.74) is 0. The first-order chi connectivity index (χ1) is 9.81. The summed E-state index contributed by atoms with van der Waals surface area (Å²) >= 11 is 0. The molecule has 2 saturated heterocycles. The van der Waals surface area contributed by atoms with Crippen LogP contribution in [0.1, 0.15) is 45.4 Å². The first kappa shape index (κ1) is 16.2. The van der Waals surface area contributed by atoms with Gasteiger partial charge in [0.15, 0.2) is 0 Å². The van der Waals surface area contributed by atoms with Gasteiger partial charge in [0.2, 0.25) is 0 Å². The van der Waals surface area contributed by atoms with E-state index in [-0.39, 0.29) is 12.7 Å². The van der Waals surface area contributed by atoms with Gasteiger partial charge in [0.1, 0.15) is 0 Å². The van der Waals surface area contributed by atoms with Crippen LogP contribution >= 0.6 is 0 Å². The van der Waals surface area contributed by atoms with Crippen LogP contribution in [-0.2, 0) is 4.74 Å². The maximum absolute atomic E-state index is 9.58. The molecule has 2 rings (SSSR count). The number of nitrogens with one attached hydrogen (secondary N) is 2. The molecule has 0 bridgehead atoms. The third-order valence-electron chi connectivity index (χ3n) is 4.97. The Kier molecular flexibility index (Phi) is 7.28. The van der Waals surface area contributed by atoms with Gasteiger partial charge in [-0.15, -0.1) is 0 Å². The Morgan fingerprint density at radius 1 is 1.25 bits per heavy atom. The minimum atomic E-state index is 0.0160. The zero-order chi connectivity index (χ0) is 14.2. The van der Waals surface area contributed by atoms with E-state index in [4.69, 9.17) is 4.74 Å². The predicted molar refractivity (Wildman–Crippen MR) is 81.8 cm³/mol. The van der Waals surface area contributed by atoms with Crippen molar-refractivity contribution in [2.75, 3.05) is 32.8 Å². The minimum Gasteiger partial charge on any atom is -0.394 e. The van der Waals surface area contributed by atoms with Crippen molar-refractivity contribution >= 4 is 0 Å². The van der Waals surface area contributed by atoms with E-state index in [0.29, 0.717) is 12.0 Å². The minimum absolute atomic E-state index is 0.0160. The molecular weight excluding hydrogens is 252 g/mol. The number of aliphatic hydroxyl groups excluding tert-OH is 1. The molecule has 4 atom stereocenters. The molecule has 0 amide bonds. The van der Waals surface area contributed by atoms with Crippen molar-refractivity contribution in [1.82, 2.24) is 10.6 Å². The molecule has 3 N–H and O–H groups in total. The first-order valence-electron chi connectivity index (χ1n) is 8.48. The maximum Gasteiger partial charge on any atom is 0.0848 e. The van der Waals surface area contributed by atoms with Gasteiger partial charge in [-0.25, -0.2) is 0 Å². The normalized spacial score (nSPS) is 33.0. The summed E-state index contributed by atoms with van der Waals surface area (Å²) in [6.45, 7) is 6.62. The number of hydrogen-bond acceptors (Lipinski definition) is 4. The van der Waals surface area contributed by atoms with Crippen LogP contribution in [0.4, 0.5) is 0 Å². The van der Waals surface area contributed by atoms with E-state index in [2.05, 4.69) is 17.6 Å². The van der Waals surface area contributed by atoms with Gasteiger partial charge in [0.05, 0.1) is 12.7 Å². The van der Waals surface area contributed by atoms with E-state index in [9.17, 15) is 5.11 Å². The molecular formula is C16H32N2O2. The highest BCUT2D eigenvalue weighted by Gasteiger charge is 2.29. The Morgan fingerprint density at radius 2 is 2.10 bits per heavy atom. The van der Waals surface area contributed by atoms with Crippen molar-refractivity contribution in [3.63, 3.8) is 0 Å². The van der Waals surface area contributed by atoms with Gasteiger partial charge in [-0.3, -0.25) is 0 Å². The zero-order valence-electron chi connectivity index (χ0n) is 12.9. The fourth-order valence-electron chi connectivity index (χ4n) is 3.67. The molecule has 20 heavy (non-hydrogen) atoms. The second-order valence-corrected chi connectivity index (χ2v) is 6.50. The standard InChI is InChI=1S/C16H32N2O2/c1-13-15(7-3-9-18-13)16(12-19)20-10-4-6-14-5-2-8-17-11-14/h13-19H,2-12H2,1H3. The van der Waals surface area contributed by atoms with Crippen LogP contribution in [0.5, 0.6) is 0 Å². The molecule has 0 aromatic carbocycles. The molecule has 0 saturated carbocycles. The molecule has 0 aliphatic carbocycles. The van der Waals surface area contributed by atoms with Crippen molar-refractivity contribution in [2.24, 2.45) is 11.8 Å². The quantitative estimate of drug-likeness (QED) is 0.621. The number of piperidine rings is 2. The lowest BCUT2D eigenvalue weighted by molar-refractivity contribution is -0.0410. The molecule has 2 aliphatic rings. The average Bonchev–Trinajstić information content (AvgIpc) is 2.50. The van der Waals surface area contributed by atoms with Crippen molar-refractivity contribution in [1.29, 1.82) is 0 Å². The monoisotopic (exact) mass is 284 g/mol. The maximum atomic E-state index is 9.58. The fourth-order valence-corrected chi connectivity index (χ4v) is 3.67. The zero-order valence-corrected chi connectivity index (χ0v) is 12.9. The van der Waals surface area contributed by atoms with Crippen molar-refractivity contribution in [2.45, 2.75) is 57.6 Å². The molecule has 2 aliphatic heterocycles. The number of ether oxygens (including phenoxy) is 1. The Hall–Kier alpha value is -0.160. The topological polar surface area (TPSA) is 53.5 Å². The lowest BCUT2D eigenvalue weighted by atomic mass is 9.87. The van der Waals surface area contributed by atoms with Crippen LogP contribution < -0.4 is 10.6 Å². The van der Waals surface area contributed by atoms with Crippen LogP contribution in [0.25, 0.3) is 0 Å². The SMILES string of the molecule is CC1NCCCC1C(CO)OCCCC1CCCNC1. The third kappa shape index (κ3) is 4.99. The number of hydrogen-bond donors (Lipinski definition) is 3. The lowest BCUT2D eigenvalue weighted by Crippen LogP contribution is -2.46. The summed E-state index contributed by atoms with van der Waals surface area (Å²) in [4.78, 5) is 0. The van der Waals surface area contributed by atoms with Gasteiger partial charge in [0, 0.05) is 18.6 Å². The summed E-state index contributed by atoms with van der Waals surface area (Å²) in [5.74, 6) is 1.29. The lowest BCUT2D eigenvalue weighted by Gasteiger charge is -2.35. The third-order valence-corrected chi connectivity index (χ3v) is 4.97. The van der Waals surface area contributed by atoms with Gasteiger partial charge in [-0.2, -0.15) is 0 Å². The Bertz CT molecular complexity index is 257. The Morgan fingerprint density at radius 3 is 2.80 bits per heavy atom. The van der Waals surface area contributed by atoms with Crippen molar-refractivity contribution in [3.05, 3.63) is 0 Å². The molecule has 0 radical (unpaired) electrons. The molecule has 118 valence electrons. The molecule has 4 nitrogen and oxygen atoms in total. The van der Waals surface area contributed by atoms with Gasteiger partial charge >= 0.3 is 0 Å². The fraction of sp³-hybridized carbons (Fsp3) is 1.00. The van der Waals surface area contributed by atoms with E-state index in [1.165, 1.54) is 45.2 Å². The molecule has 0 spiro atoms. The van der Waals surface area contributed by atoms with Gasteiger partial charge in [-0.05, 0) is 71.0 Å². The van der Waals surface area contributed by atoms with Gasteiger partial charge in [0.25, 0.3) is 0 Å². The van der Waals surface area contributed by atoms with E-state index >= 15 is 0 Å². The molecule has 0 aromatic heterocycles. The van der Waals surface area contributed by atoms with Crippen molar-refractivity contribution < 1.29 is 9.84 Å². The van der Waals surface area contributed by atoms with Gasteiger partial charge in [-0.1, -0.05) is 0 Å². The van der Waals surface area contributed by atoms with Crippen LogP contribution in [-0.4, -0.2) is 50.1 Å². The summed E-state index contributed by atoms with van der Waals surface area (Å²) in [5, 5.41) is 16.5. The second kappa shape index (κ2) is 8.98. The molecule has 4 heteroatoms. The van der Waals surface area contributed by atoms with Crippen molar-refractivity contribution in [3.8, 4) is 0 Å². The number of aliphatic hydroxyl groups is 1. The van der Waals surface area contributed by atoms with E-state index in [1.54, 1.807) is 0 Å². The summed E-state index contributed by atoms with van der Waals surface area (Å²) in [6, 6.07) is 0.462. The summed E-state index contributed by atoms with van der Waals surface area (Å²) in [6.07, 6.45) is 7.44. The molecule has 0 aromatic rings. The highest BCUT2D eigenvalue weighted by molar-refractivity contribution is 4.83. The van der Waals surface area contributed by atoms with Gasteiger partial charge < -0.3 is 20.5 Å². The second-order valence-electron chi connectivity index (χ2n) is 6.50. The largest absolute Gasteiger partial charge is 0.394 e.